The number of hydrogen-bond acceptors (Lipinski definition) is 6. The number of hydrogen-bond donors (Lipinski definition) is 1. The quantitative estimate of drug-likeness (QED) is 0.812. The number of pyridine rings is 1. The van der Waals surface area contributed by atoms with Crippen LogP contribution >= 0.6 is 0 Å². The molecule has 1 aliphatic rings. The van der Waals surface area contributed by atoms with Gasteiger partial charge in [-0.2, -0.15) is 0 Å². The van der Waals surface area contributed by atoms with E-state index in [2.05, 4.69) is 21.7 Å². The summed E-state index contributed by atoms with van der Waals surface area (Å²) in [6.45, 7) is 2.26. The molecule has 0 aliphatic carbocycles. The van der Waals surface area contributed by atoms with Gasteiger partial charge < -0.3 is 14.4 Å². The Kier molecular flexibility index (Phi) is 5.98. The summed E-state index contributed by atoms with van der Waals surface area (Å²) in [5.74, 6) is 0.290. The van der Waals surface area contributed by atoms with E-state index in [4.69, 9.17) is 9.47 Å². The SMILES string of the molecule is COCc1ccc(S(=O)(=O)Nc2cc3c(nc2OC)CCN(C)CC3)cc1. The lowest BCUT2D eigenvalue weighted by Crippen LogP contribution is -2.20. The van der Waals surface area contributed by atoms with Gasteiger partial charge in [0.1, 0.15) is 5.69 Å². The second-order valence-electron chi connectivity index (χ2n) is 6.64. The van der Waals surface area contributed by atoms with Crippen LogP contribution < -0.4 is 9.46 Å². The van der Waals surface area contributed by atoms with E-state index in [0.29, 0.717) is 12.3 Å². The van der Waals surface area contributed by atoms with Gasteiger partial charge in [0.05, 0.1) is 18.6 Å². The van der Waals surface area contributed by atoms with Gasteiger partial charge in [0.2, 0.25) is 5.88 Å². The van der Waals surface area contributed by atoms with Crippen LogP contribution in [0.5, 0.6) is 5.88 Å². The maximum Gasteiger partial charge on any atom is 0.262 e. The van der Waals surface area contributed by atoms with Crippen molar-refractivity contribution in [3.63, 3.8) is 0 Å². The highest BCUT2D eigenvalue weighted by Gasteiger charge is 2.21. The van der Waals surface area contributed by atoms with E-state index < -0.39 is 10.0 Å². The van der Waals surface area contributed by atoms with Gasteiger partial charge >= 0.3 is 0 Å². The molecule has 0 spiro atoms. The summed E-state index contributed by atoms with van der Waals surface area (Å²) in [4.78, 5) is 6.97. The first-order chi connectivity index (χ1) is 12.9. The Hall–Kier alpha value is -2.16. The molecule has 0 atom stereocenters. The van der Waals surface area contributed by atoms with Gasteiger partial charge in [-0.15, -0.1) is 0 Å². The fourth-order valence-corrected chi connectivity index (χ4v) is 4.14. The third-order valence-corrected chi connectivity index (χ3v) is 6.01. The van der Waals surface area contributed by atoms with E-state index in [0.717, 1.165) is 42.8 Å². The standard InChI is InChI=1S/C19H25N3O4S/c1-22-10-8-15-12-18(19(26-3)20-17(15)9-11-22)21-27(23,24)16-6-4-14(5-7-16)13-25-2/h4-7,12,21H,8-11,13H2,1-3H3. The Morgan fingerprint density at radius 1 is 1.15 bits per heavy atom. The number of methoxy groups -OCH3 is 2. The van der Waals surface area contributed by atoms with E-state index in [-0.39, 0.29) is 10.8 Å². The molecule has 8 heteroatoms. The lowest BCUT2D eigenvalue weighted by atomic mass is 10.1. The highest BCUT2D eigenvalue weighted by Crippen LogP contribution is 2.29. The van der Waals surface area contributed by atoms with Crippen LogP contribution in [0.4, 0.5) is 5.69 Å². The molecule has 0 saturated carbocycles. The van der Waals surface area contributed by atoms with Gasteiger partial charge in [-0.3, -0.25) is 4.72 Å². The number of nitrogens with one attached hydrogen (secondary N) is 1. The maximum absolute atomic E-state index is 12.8. The highest BCUT2D eigenvalue weighted by molar-refractivity contribution is 7.92. The highest BCUT2D eigenvalue weighted by atomic mass is 32.2. The van der Waals surface area contributed by atoms with Crippen molar-refractivity contribution in [1.82, 2.24) is 9.88 Å². The third kappa shape index (κ3) is 4.58. The number of benzene rings is 1. The topological polar surface area (TPSA) is 80.8 Å². The van der Waals surface area contributed by atoms with Crippen molar-refractivity contribution in [1.29, 1.82) is 0 Å². The molecule has 0 amide bonds. The van der Waals surface area contributed by atoms with Gasteiger partial charge in [0, 0.05) is 32.3 Å². The van der Waals surface area contributed by atoms with Crippen molar-refractivity contribution < 1.29 is 17.9 Å². The zero-order chi connectivity index (χ0) is 19.4. The van der Waals surface area contributed by atoms with Crippen molar-refractivity contribution in [2.24, 2.45) is 0 Å². The fraction of sp³-hybridized carbons (Fsp3) is 0.421. The predicted octanol–water partition coefficient (Wildman–Crippen LogP) is 2.07. The minimum Gasteiger partial charge on any atom is -0.479 e. The minimum atomic E-state index is -3.75. The van der Waals surface area contributed by atoms with Crippen LogP contribution in [-0.4, -0.2) is 52.7 Å². The molecule has 1 aromatic heterocycles. The molecule has 3 rings (SSSR count). The second-order valence-corrected chi connectivity index (χ2v) is 8.32. The summed E-state index contributed by atoms with van der Waals surface area (Å²) in [7, 11) is 1.42. The van der Waals surface area contributed by atoms with Crippen molar-refractivity contribution in [3.05, 3.63) is 47.2 Å². The number of ether oxygens (including phenoxy) is 2. The first kappa shape index (κ1) is 19.6. The Labute approximate surface area is 160 Å². The minimum absolute atomic E-state index is 0.180. The maximum atomic E-state index is 12.8. The molecule has 0 saturated heterocycles. The van der Waals surface area contributed by atoms with Gasteiger partial charge in [0.15, 0.2) is 0 Å². The van der Waals surface area contributed by atoms with Crippen LogP contribution in [0.15, 0.2) is 35.2 Å². The second kappa shape index (κ2) is 8.24. The van der Waals surface area contributed by atoms with E-state index in [1.165, 1.54) is 7.11 Å². The zero-order valence-corrected chi connectivity index (χ0v) is 16.7. The average Bonchev–Trinajstić information content (AvgIpc) is 2.83. The monoisotopic (exact) mass is 391 g/mol. The van der Waals surface area contributed by atoms with Gasteiger partial charge in [0.25, 0.3) is 10.0 Å². The molecule has 146 valence electrons. The molecule has 27 heavy (non-hydrogen) atoms. The Morgan fingerprint density at radius 3 is 2.52 bits per heavy atom. The number of anilines is 1. The summed E-state index contributed by atoms with van der Waals surface area (Å²) >= 11 is 0. The van der Waals surface area contributed by atoms with Crippen molar-refractivity contribution in [3.8, 4) is 5.88 Å². The van der Waals surface area contributed by atoms with Crippen LogP contribution in [0.2, 0.25) is 0 Å². The largest absolute Gasteiger partial charge is 0.479 e. The Balaban J connectivity index is 1.89. The number of sulfonamides is 1. The van der Waals surface area contributed by atoms with Crippen molar-refractivity contribution in [2.45, 2.75) is 24.3 Å². The number of rotatable bonds is 6. The van der Waals surface area contributed by atoms with E-state index >= 15 is 0 Å². The lowest BCUT2D eigenvalue weighted by Gasteiger charge is -2.15. The molecular formula is C19H25N3O4S. The Bertz CT molecular complexity index is 898. The molecular weight excluding hydrogens is 366 g/mol. The van der Waals surface area contributed by atoms with Gasteiger partial charge in [-0.05, 0) is 42.8 Å². The summed E-state index contributed by atoms with van der Waals surface area (Å²) in [5, 5.41) is 0. The normalized spacial score (nSPS) is 15.1. The molecule has 0 unspecified atom stereocenters. The van der Waals surface area contributed by atoms with Crippen LogP contribution in [-0.2, 0) is 34.2 Å². The summed E-state index contributed by atoms with van der Waals surface area (Å²) in [5.41, 5.74) is 3.28. The van der Waals surface area contributed by atoms with Crippen LogP contribution in [0.25, 0.3) is 0 Å². The van der Waals surface area contributed by atoms with Gasteiger partial charge in [-0.1, -0.05) is 12.1 Å². The molecule has 0 radical (unpaired) electrons. The zero-order valence-electron chi connectivity index (χ0n) is 15.9. The number of aromatic nitrogens is 1. The van der Waals surface area contributed by atoms with Crippen LogP contribution in [0.3, 0.4) is 0 Å². The fourth-order valence-electron chi connectivity index (χ4n) is 3.09. The van der Waals surface area contributed by atoms with E-state index in [9.17, 15) is 8.42 Å². The summed E-state index contributed by atoms with van der Waals surface area (Å²) < 4.78 is 38.6. The smallest absolute Gasteiger partial charge is 0.262 e. The summed E-state index contributed by atoms with van der Waals surface area (Å²) in [6, 6.07) is 8.45. The molecule has 7 nitrogen and oxygen atoms in total. The molecule has 1 aromatic carbocycles. The van der Waals surface area contributed by atoms with Crippen molar-refractivity contribution in [2.75, 3.05) is 39.1 Å². The summed E-state index contributed by atoms with van der Waals surface area (Å²) in [6.07, 6.45) is 1.64. The van der Waals surface area contributed by atoms with E-state index in [1.54, 1.807) is 31.4 Å². The molecule has 1 N–H and O–H groups in total. The van der Waals surface area contributed by atoms with Gasteiger partial charge in [-0.25, -0.2) is 13.4 Å². The number of likely N-dealkylation sites (N-methyl/N-ethyl adjacent to an activating group) is 1. The average molecular weight is 391 g/mol. The molecule has 1 aliphatic heterocycles. The Morgan fingerprint density at radius 2 is 1.85 bits per heavy atom. The van der Waals surface area contributed by atoms with Crippen LogP contribution in [0, 0.1) is 0 Å². The lowest BCUT2D eigenvalue weighted by molar-refractivity contribution is 0.185. The number of nitrogens with zero attached hydrogens (tertiary/aromatic N) is 2. The van der Waals surface area contributed by atoms with E-state index in [1.807, 2.05) is 6.07 Å². The molecule has 2 heterocycles. The molecule has 0 bridgehead atoms. The third-order valence-electron chi connectivity index (χ3n) is 4.63. The van der Waals surface area contributed by atoms with Crippen molar-refractivity contribution >= 4 is 15.7 Å². The molecule has 2 aromatic rings. The first-order valence-electron chi connectivity index (χ1n) is 8.79. The predicted molar refractivity (Wildman–Crippen MR) is 104 cm³/mol. The van der Waals surface area contributed by atoms with Crippen LogP contribution in [0.1, 0.15) is 16.8 Å². The molecule has 0 fully saturated rings. The number of fused-ring (bicyclic) bond motifs is 1. The first-order valence-corrected chi connectivity index (χ1v) is 10.3.